The second-order valence-electron chi connectivity index (χ2n) is 6.59. The fourth-order valence-electron chi connectivity index (χ4n) is 3.47. The minimum atomic E-state index is -0.118. The van der Waals surface area contributed by atoms with Gasteiger partial charge in [-0.2, -0.15) is 0 Å². The molecule has 22 heavy (non-hydrogen) atoms. The van der Waals surface area contributed by atoms with E-state index in [1.54, 1.807) is 0 Å². The van der Waals surface area contributed by atoms with E-state index in [-0.39, 0.29) is 6.10 Å². The summed E-state index contributed by atoms with van der Waals surface area (Å²) in [6.07, 6.45) is 11.6. The van der Waals surface area contributed by atoms with Crippen molar-refractivity contribution in [3.05, 3.63) is 36.4 Å². The van der Waals surface area contributed by atoms with Gasteiger partial charge in [0.2, 0.25) is 0 Å². The molecule has 1 fully saturated rings. The maximum Gasteiger partial charge on any atom is 0.0602 e. The van der Waals surface area contributed by atoms with Crippen LogP contribution < -0.4 is 10.2 Å². The van der Waals surface area contributed by atoms with Gasteiger partial charge in [-0.05, 0) is 50.2 Å². The number of aliphatic hydroxyl groups excluding tert-OH is 1. The third-order valence-corrected chi connectivity index (χ3v) is 4.87. The second kappa shape index (κ2) is 7.68. The van der Waals surface area contributed by atoms with Gasteiger partial charge in [-0.25, -0.2) is 0 Å². The molecule has 1 atom stereocenters. The fraction of sp³-hybridized carbons (Fsp3) is 0.579. The number of benzene rings is 1. The summed E-state index contributed by atoms with van der Waals surface area (Å²) in [6, 6.07) is 8.59. The number of aliphatic hydroxyl groups is 1. The number of para-hydroxylation sites is 2. The van der Waals surface area contributed by atoms with Gasteiger partial charge in [0.15, 0.2) is 0 Å². The fourth-order valence-corrected chi connectivity index (χ4v) is 3.47. The van der Waals surface area contributed by atoms with Gasteiger partial charge in [0.1, 0.15) is 0 Å². The van der Waals surface area contributed by atoms with Crippen molar-refractivity contribution in [1.82, 2.24) is 0 Å². The molecule has 0 aromatic heterocycles. The standard InChI is InChI=1S/C19H28N2O/c22-17-11-13-21(14-12-17)19-10-6-5-9-18(19)20-15-16-7-3-1-2-4-8-16/h3,5-7,9-10,16-17,20,22H,1-2,4,8,11-15H2. The van der Waals surface area contributed by atoms with E-state index in [1.165, 1.54) is 37.1 Å². The van der Waals surface area contributed by atoms with Crippen molar-refractivity contribution < 1.29 is 5.11 Å². The number of nitrogens with zero attached hydrogens (tertiary/aromatic N) is 1. The number of rotatable bonds is 4. The molecule has 120 valence electrons. The van der Waals surface area contributed by atoms with Crippen LogP contribution in [-0.2, 0) is 0 Å². The van der Waals surface area contributed by atoms with Crippen LogP contribution >= 0.6 is 0 Å². The van der Waals surface area contributed by atoms with E-state index >= 15 is 0 Å². The van der Waals surface area contributed by atoms with Gasteiger partial charge in [0.25, 0.3) is 0 Å². The first-order valence-electron chi connectivity index (χ1n) is 8.75. The summed E-state index contributed by atoms with van der Waals surface area (Å²) in [4.78, 5) is 2.40. The molecular weight excluding hydrogens is 272 g/mol. The monoisotopic (exact) mass is 300 g/mol. The van der Waals surface area contributed by atoms with E-state index in [0.717, 1.165) is 32.5 Å². The van der Waals surface area contributed by atoms with Crippen LogP contribution in [-0.4, -0.2) is 30.8 Å². The van der Waals surface area contributed by atoms with Crippen LogP contribution in [0.25, 0.3) is 0 Å². The van der Waals surface area contributed by atoms with Crippen LogP contribution in [0.5, 0.6) is 0 Å². The molecule has 2 aliphatic rings. The summed E-state index contributed by atoms with van der Waals surface area (Å²) in [5, 5.41) is 13.4. The second-order valence-corrected chi connectivity index (χ2v) is 6.59. The summed E-state index contributed by atoms with van der Waals surface area (Å²) in [7, 11) is 0. The first-order chi connectivity index (χ1) is 10.8. The summed E-state index contributed by atoms with van der Waals surface area (Å²) >= 11 is 0. The van der Waals surface area contributed by atoms with Crippen molar-refractivity contribution >= 4 is 11.4 Å². The highest BCUT2D eigenvalue weighted by Gasteiger charge is 2.19. The van der Waals surface area contributed by atoms with Crippen LogP contribution in [0.2, 0.25) is 0 Å². The zero-order chi connectivity index (χ0) is 15.2. The molecule has 0 saturated carbocycles. The molecule has 1 unspecified atom stereocenters. The van der Waals surface area contributed by atoms with E-state index in [9.17, 15) is 5.11 Å². The normalized spacial score (nSPS) is 23.3. The quantitative estimate of drug-likeness (QED) is 0.830. The smallest absolute Gasteiger partial charge is 0.0602 e. The van der Waals surface area contributed by atoms with Crippen LogP contribution in [0.4, 0.5) is 11.4 Å². The summed E-state index contributed by atoms with van der Waals surface area (Å²) in [6.45, 7) is 2.91. The highest BCUT2D eigenvalue weighted by Crippen LogP contribution is 2.29. The first-order valence-corrected chi connectivity index (χ1v) is 8.75. The third kappa shape index (κ3) is 4.04. The van der Waals surface area contributed by atoms with Crippen molar-refractivity contribution in [2.45, 2.75) is 44.6 Å². The van der Waals surface area contributed by atoms with Crippen LogP contribution in [0.1, 0.15) is 38.5 Å². The van der Waals surface area contributed by atoms with Gasteiger partial charge in [-0.3, -0.25) is 0 Å². The summed E-state index contributed by atoms with van der Waals surface area (Å²) in [5.74, 6) is 0.652. The molecule has 2 N–H and O–H groups in total. The zero-order valence-electron chi connectivity index (χ0n) is 13.4. The molecule has 3 nitrogen and oxygen atoms in total. The number of allylic oxidation sites excluding steroid dienone is 1. The number of nitrogens with one attached hydrogen (secondary N) is 1. The average molecular weight is 300 g/mol. The Bertz CT molecular complexity index is 492. The van der Waals surface area contributed by atoms with Crippen molar-refractivity contribution in [2.75, 3.05) is 29.9 Å². The highest BCUT2D eigenvalue weighted by molar-refractivity contribution is 5.70. The Morgan fingerprint density at radius 1 is 1.09 bits per heavy atom. The average Bonchev–Trinajstić information content (AvgIpc) is 2.83. The predicted octanol–water partition coefficient (Wildman–Crippen LogP) is 3.81. The number of anilines is 2. The van der Waals surface area contributed by atoms with Crippen molar-refractivity contribution in [1.29, 1.82) is 0 Å². The van der Waals surface area contributed by atoms with Crippen molar-refractivity contribution in [2.24, 2.45) is 5.92 Å². The molecule has 0 bridgehead atoms. The Morgan fingerprint density at radius 3 is 2.77 bits per heavy atom. The van der Waals surface area contributed by atoms with Crippen LogP contribution in [0, 0.1) is 5.92 Å². The molecule has 1 aromatic carbocycles. The van der Waals surface area contributed by atoms with E-state index in [2.05, 4.69) is 46.6 Å². The van der Waals surface area contributed by atoms with Gasteiger partial charge in [-0.15, -0.1) is 0 Å². The molecule has 0 amide bonds. The molecule has 1 aliphatic heterocycles. The molecule has 0 radical (unpaired) electrons. The lowest BCUT2D eigenvalue weighted by Crippen LogP contribution is -2.36. The lowest BCUT2D eigenvalue weighted by molar-refractivity contribution is 0.145. The summed E-state index contributed by atoms with van der Waals surface area (Å²) in [5.41, 5.74) is 2.52. The molecule has 3 rings (SSSR count). The van der Waals surface area contributed by atoms with E-state index in [0.29, 0.717) is 5.92 Å². The van der Waals surface area contributed by atoms with Crippen molar-refractivity contribution in [3.8, 4) is 0 Å². The van der Waals surface area contributed by atoms with Gasteiger partial charge >= 0.3 is 0 Å². The van der Waals surface area contributed by atoms with E-state index < -0.39 is 0 Å². The Morgan fingerprint density at radius 2 is 1.91 bits per heavy atom. The van der Waals surface area contributed by atoms with E-state index in [1.807, 2.05) is 0 Å². The highest BCUT2D eigenvalue weighted by atomic mass is 16.3. The van der Waals surface area contributed by atoms with Gasteiger partial charge in [0.05, 0.1) is 17.5 Å². The Kier molecular flexibility index (Phi) is 5.38. The largest absolute Gasteiger partial charge is 0.393 e. The zero-order valence-corrected chi connectivity index (χ0v) is 13.4. The minimum absolute atomic E-state index is 0.118. The number of piperidine rings is 1. The molecule has 1 aliphatic carbocycles. The van der Waals surface area contributed by atoms with Crippen LogP contribution in [0.15, 0.2) is 36.4 Å². The Labute approximate surface area is 134 Å². The summed E-state index contributed by atoms with van der Waals surface area (Å²) < 4.78 is 0. The molecule has 1 saturated heterocycles. The predicted molar refractivity (Wildman–Crippen MR) is 93.5 cm³/mol. The van der Waals surface area contributed by atoms with Gasteiger partial charge in [0, 0.05) is 19.6 Å². The van der Waals surface area contributed by atoms with Gasteiger partial charge in [-0.1, -0.05) is 30.7 Å². The minimum Gasteiger partial charge on any atom is -0.393 e. The molecular formula is C19H28N2O. The third-order valence-electron chi connectivity index (χ3n) is 4.87. The molecule has 3 heteroatoms. The number of hydrogen-bond acceptors (Lipinski definition) is 3. The van der Waals surface area contributed by atoms with Gasteiger partial charge < -0.3 is 15.3 Å². The Hall–Kier alpha value is -1.48. The van der Waals surface area contributed by atoms with Crippen LogP contribution in [0.3, 0.4) is 0 Å². The maximum absolute atomic E-state index is 9.69. The maximum atomic E-state index is 9.69. The first kappa shape index (κ1) is 15.4. The Balaban J connectivity index is 1.63. The number of hydrogen-bond donors (Lipinski definition) is 2. The lowest BCUT2D eigenvalue weighted by atomic mass is 10.0. The SMILES string of the molecule is OC1CCN(c2ccccc2NCC2C=CCCCC2)CC1. The molecule has 1 aromatic rings. The topological polar surface area (TPSA) is 35.5 Å². The lowest BCUT2D eigenvalue weighted by Gasteiger charge is -2.33. The van der Waals surface area contributed by atoms with Crippen molar-refractivity contribution in [3.63, 3.8) is 0 Å². The molecule has 1 heterocycles. The molecule has 0 spiro atoms. The van der Waals surface area contributed by atoms with E-state index in [4.69, 9.17) is 0 Å².